The molecular formula is C20H28NP2W-. The first kappa shape index (κ1) is 19.1. The van der Waals surface area contributed by atoms with E-state index in [1.165, 1.54) is 36.6 Å². The summed E-state index contributed by atoms with van der Waals surface area (Å²) in [6, 6.07) is 12.9. The van der Waals surface area contributed by atoms with E-state index in [2.05, 4.69) is 62.4 Å². The minimum absolute atomic E-state index is 0. The van der Waals surface area contributed by atoms with Crippen molar-refractivity contribution in [3.8, 4) is 0 Å². The molecule has 0 amide bonds. The molecule has 0 aliphatic carbocycles. The van der Waals surface area contributed by atoms with Crippen LogP contribution in [0.5, 0.6) is 0 Å². The molecule has 4 rings (SSSR count). The van der Waals surface area contributed by atoms with Crippen molar-refractivity contribution in [2.24, 2.45) is 0 Å². The Balaban J connectivity index is 0.00000169. The van der Waals surface area contributed by atoms with Gasteiger partial charge in [0.05, 0.1) is 0 Å². The summed E-state index contributed by atoms with van der Waals surface area (Å²) in [5, 5.41) is 1.35. The Hall–Kier alpha value is 0.308. The molecule has 0 bridgehead atoms. The van der Waals surface area contributed by atoms with Crippen LogP contribution in [0.2, 0.25) is 0 Å². The first-order valence-corrected chi connectivity index (χ1v) is 12.1. The third kappa shape index (κ3) is 3.08. The molecule has 4 heteroatoms. The van der Waals surface area contributed by atoms with Crippen molar-refractivity contribution in [2.75, 3.05) is 0 Å². The van der Waals surface area contributed by atoms with E-state index in [-0.39, 0.29) is 37.1 Å². The third-order valence-corrected chi connectivity index (χ3v) is 12.5. The molecule has 4 atom stereocenters. The predicted molar refractivity (Wildman–Crippen MR) is 106 cm³/mol. The van der Waals surface area contributed by atoms with Gasteiger partial charge in [-0.15, -0.1) is 12.1 Å². The van der Waals surface area contributed by atoms with E-state index in [4.69, 9.17) is 0 Å². The van der Waals surface area contributed by atoms with Crippen LogP contribution in [0.4, 0.5) is 0 Å². The number of benzene rings is 1. The Kier molecular flexibility index (Phi) is 5.97. The molecule has 24 heavy (non-hydrogen) atoms. The van der Waals surface area contributed by atoms with Gasteiger partial charge in [0.2, 0.25) is 0 Å². The fourth-order valence-electron chi connectivity index (χ4n) is 4.65. The maximum Gasteiger partial charge on any atom is 0 e. The van der Waals surface area contributed by atoms with Gasteiger partial charge in [-0.05, 0) is 61.8 Å². The van der Waals surface area contributed by atoms with E-state index in [1.54, 1.807) is 5.44 Å². The van der Waals surface area contributed by atoms with Gasteiger partial charge in [-0.3, -0.25) is 0 Å². The molecule has 2 aliphatic rings. The van der Waals surface area contributed by atoms with Gasteiger partial charge in [-0.25, -0.2) is 0 Å². The van der Waals surface area contributed by atoms with Crippen molar-refractivity contribution >= 4 is 32.3 Å². The topological polar surface area (TPSA) is 4.93 Å². The average molecular weight is 528 g/mol. The number of hydrogen-bond donors (Lipinski definition) is 0. The summed E-state index contributed by atoms with van der Waals surface area (Å²) in [6.45, 7) is 9.95. The Morgan fingerprint density at radius 1 is 0.875 bits per heavy atom. The smallest absolute Gasteiger partial charge is 0 e. The molecule has 2 saturated heterocycles. The fraction of sp³-hybridized carbons (Fsp3) is 0.600. The van der Waals surface area contributed by atoms with E-state index in [0.29, 0.717) is 0 Å². The van der Waals surface area contributed by atoms with Crippen LogP contribution in [0, 0.1) is 6.07 Å². The monoisotopic (exact) mass is 528 g/mol. The van der Waals surface area contributed by atoms with Gasteiger partial charge >= 0.3 is 0 Å². The molecule has 1 nitrogen and oxygen atoms in total. The molecule has 0 N–H and O–H groups in total. The van der Waals surface area contributed by atoms with Crippen molar-refractivity contribution in [1.82, 2.24) is 4.34 Å². The molecule has 0 spiro atoms. The molecule has 4 unspecified atom stereocenters. The summed E-state index contributed by atoms with van der Waals surface area (Å²) in [5.41, 5.74) is 6.50. The van der Waals surface area contributed by atoms with E-state index < -0.39 is 0 Å². The maximum atomic E-state index is 3.89. The van der Waals surface area contributed by atoms with Gasteiger partial charge in [0.15, 0.2) is 0 Å². The van der Waals surface area contributed by atoms with Gasteiger partial charge in [0, 0.05) is 21.1 Å². The Bertz CT molecular complexity index is 693. The molecule has 130 valence electrons. The molecule has 1 aromatic heterocycles. The second-order valence-corrected chi connectivity index (χ2v) is 13.5. The zero-order chi connectivity index (χ0) is 16.1. The minimum Gasteiger partial charge on any atom is -0.383 e. The van der Waals surface area contributed by atoms with Crippen LogP contribution in [-0.2, 0) is 21.1 Å². The summed E-state index contributed by atoms with van der Waals surface area (Å²) in [4.78, 5) is 0. The Morgan fingerprint density at radius 2 is 1.42 bits per heavy atom. The van der Waals surface area contributed by atoms with Crippen molar-refractivity contribution in [1.29, 1.82) is 0 Å². The quantitative estimate of drug-likeness (QED) is 0.337. The Morgan fingerprint density at radius 3 is 2.04 bits per heavy atom. The third-order valence-electron chi connectivity index (χ3n) is 5.91. The van der Waals surface area contributed by atoms with E-state index >= 15 is 0 Å². The van der Waals surface area contributed by atoms with E-state index in [0.717, 1.165) is 22.6 Å². The van der Waals surface area contributed by atoms with Gasteiger partial charge in [-0.2, -0.15) is 11.5 Å². The molecule has 0 saturated carbocycles. The normalized spacial score (nSPS) is 36.2. The van der Waals surface area contributed by atoms with Gasteiger partial charge in [0.1, 0.15) is 0 Å². The van der Waals surface area contributed by atoms with Gasteiger partial charge in [0.25, 0.3) is 0 Å². The predicted octanol–water partition coefficient (Wildman–Crippen LogP) is 5.93. The number of hydrogen-bond acceptors (Lipinski definition) is 0. The van der Waals surface area contributed by atoms with E-state index in [1.807, 2.05) is 0 Å². The van der Waals surface area contributed by atoms with Crippen LogP contribution in [0.25, 0.3) is 10.9 Å². The fourth-order valence-corrected chi connectivity index (χ4v) is 11.6. The zero-order valence-corrected chi connectivity index (χ0v) is 19.9. The van der Waals surface area contributed by atoms with Crippen LogP contribution >= 0.6 is 16.0 Å². The molecular weight excluding hydrogens is 500 g/mol. The number of aromatic nitrogens is 1. The largest absolute Gasteiger partial charge is 0.383 e. The average Bonchev–Trinajstić information content (AvgIpc) is 3.16. The first-order chi connectivity index (χ1) is 11.1. The van der Waals surface area contributed by atoms with Crippen LogP contribution in [0.1, 0.15) is 53.4 Å². The molecule has 1 aromatic carbocycles. The standard InChI is InChI=1S/C20H28NP2.W/c1-14-9-10-15(2)22(14)20-13-18-7-5-6-8-19(18)21(20)23-16(3)11-12-17(23)4;/h5-8,14-17H,9-12H2,1-4H3;/q-1;. The van der Waals surface area contributed by atoms with Gasteiger partial charge < -0.3 is 4.34 Å². The van der Waals surface area contributed by atoms with Crippen molar-refractivity contribution < 1.29 is 21.1 Å². The number of para-hydroxylation sites is 1. The molecule has 2 aromatic rings. The van der Waals surface area contributed by atoms with E-state index in [9.17, 15) is 0 Å². The minimum atomic E-state index is -0.0988. The number of rotatable bonds is 2. The van der Waals surface area contributed by atoms with Crippen LogP contribution < -0.4 is 5.44 Å². The number of fused-ring (bicyclic) bond motifs is 1. The first-order valence-electron chi connectivity index (χ1n) is 9.17. The molecule has 3 heterocycles. The summed E-state index contributed by atoms with van der Waals surface area (Å²) < 4.78 is 2.82. The van der Waals surface area contributed by atoms with Crippen LogP contribution in [-0.4, -0.2) is 27.0 Å². The molecule has 0 radical (unpaired) electrons. The van der Waals surface area contributed by atoms with Crippen molar-refractivity contribution in [3.05, 3.63) is 30.3 Å². The molecule has 2 aliphatic heterocycles. The summed E-state index contributed by atoms with van der Waals surface area (Å²) in [6.07, 6.45) is 5.63. The van der Waals surface area contributed by atoms with Crippen LogP contribution in [0.15, 0.2) is 24.3 Å². The summed E-state index contributed by atoms with van der Waals surface area (Å²) in [7, 11) is -0.160. The second-order valence-electron chi connectivity index (χ2n) is 7.62. The van der Waals surface area contributed by atoms with Crippen molar-refractivity contribution in [3.63, 3.8) is 0 Å². The second kappa shape index (κ2) is 7.51. The van der Waals surface area contributed by atoms with Gasteiger partial charge in [-0.1, -0.05) is 53.3 Å². The zero-order valence-electron chi connectivity index (χ0n) is 15.2. The van der Waals surface area contributed by atoms with Crippen molar-refractivity contribution in [2.45, 2.75) is 76.0 Å². The van der Waals surface area contributed by atoms with Crippen LogP contribution in [0.3, 0.4) is 0 Å². The summed E-state index contributed by atoms with van der Waals surface area (Å²) in [5.74, 6) is 0. The number of nitrogens with zero attached hydrogens (tertiary/aromatic N) is 1. The SMILES string of the molecule is CC1CCC(C)P1c1[c-]c2ccccc2n1P1C(C)CCC1C.[W]. The molecule has 2 fully saturated rings. The summed E-state index contributed by atoms with van der Waals surface area (Å²) >= 11 is 0. The maximum absolute atomic E-state index is 3.89. The Labute approximate surface area is 163 Å².